The molecule has 1 fully saturated rings. The molecule has 0 aromatic heterocycles. The Morgan fingerprint density at radius 2 is 2.18 bits per heavy atom. The maximum Gasteiger partial charge on any atom is 0.0601 e. The lowest BCUT2D eigenvalue weighted by molar-refractivity contribution is 0.258. The lowest BCUT2D eigenvalue weighted by Crippen LogP contribution is -2.45. The normalized spacial score (nSPS) is 20.9. The van der Waals surface area contributed by atoms with Crippen molar-refractivity contribution in [2.45, 2.75) is 18.9 Å². The lowest BCUT2D eigenvalue weighted by Gasteiger charge is -2.38. The summed E-state index contributed by atoms with van der Waals surface area (Å²) in [5.41, 5.74) is 8.11. The minimum atomic E-state index is 0.631. The summed E-state index contributed by atoms with van der Waals surface area (Å²) in [5.74, 6) is 0. The smallest absolute Gasteiger partial charge is 0.0601 e. The van der Waals surface area contributed by atoms with Gasteiger partial charge in [-0.15, -0.1) is 0 Å². The first-order valence-electron chi connectivity index (χ1n) is 6.04. The van der Waals surface area contributed by atoms with Crippen molar-refractivity contribution in [3.63, 3.8) is 0 Å². The summed E-state index contributed by atoms with van der Waals surface area (Å²) in [6, 6.07) is 6.78. The van der Waals surface area contributed by atoms with Crippen LogP contribution < -0.4 is 10.6 Å². The van der Waals surface area contributed by atoms with E-state index in [1.807, 2.05) is 6.07 Å². The van der Waals surface area contributed by atoms with Crippen LogP contribution in [0, 0.1) is 0 Å². The Morgan fingerprint density at radius 3 is 2.82 bits per heavy atom. The third-order valence-electron chi connectivity index (χ3n) is 3.46. The van der Waals surface area contributed by atoms with Gasteiger partial charge in [0.1, 0.15) is 0 Å². The summed E-state index contributed by atoms with van der Waals surface area (Å²) >= 11 is 3.45. The minimum absolute atomic E-state index is 0.631. The Hall–Kier alpha value is -0.740. The largest absolute Gasteiger partial charge is 0.397 e. The highest BCUT2D eigenvalue weighted by molar-refractivity contribution is 9.10. The van der Waals surface area contributed by atoms with E-state index in [4.69, 9.17) is 5.73 Å². The third kappa shape index (κ3) is 2.93. The molecule has 1 aliphatic heterocycles. The molecule has 1 heterocycles. The molecule has 0 radical (unpaired) electrons. The van der Waals surface area contributed by atoms with Crippen LogP contribution in [-0.2, 0) is 0 Å². The van der Waals surface area contributed by atoms with Gasteiger partial charge in [0.15, 0.2) is 0 Å². The van der Waals surface area contributed by atoms with Crippen molar-refractivity contribution in [1.29, 1.82) is 0 Å². The second-order valence-corrected chi connectivity index (χ2v) is 5.82. The Bertz CT molecular complexity index is 392. The van der Waals surface area contributed by atoms with Crippen LogP contribution >= 0.6 is 15.9 Å². The molecule has 1 unspecified atom stereocenters. The Morgan fingerprint density at radius 1 is 1.41 bits per heavy atom. The molecule has 0 saturated carbocycles. The Balaban J connectivity index is 2.16. The zero-order valence-electron chi connectivity index (χ0n) is 10.5. The summed E-state index contributed by atoms with van der Waals surface area (Å²) in [4.78, 5) is 4.71. The number of nitrogens with two attached hydrogens (primary N) is 1. The second kappa shape index (κ2) is 5.27. The van der Waals surface area contributed by atoms with E-state index < -0.39 is 0 Å². The zero-order valence-corrected chi connectivity index (χ0v) is 12.1. The third-order valence-corrected chi connectivity index (χ3v) is 3.95. The molecule has 0 aliphatic carbocycles. The monoisotopic (exact) mass is 297 g/mol. The van der Waals surface area contributed by atoms with E-state index in [0.29, 0.717) is 6.04 Å². The first-order chi connectivity index (χ1) is 8.08. The number of nitrogen functional groups attached to an aromatic ring is 1. The molecule has 1 aliphatic rings. The van der Waals surface area contributed by atoms with Crippen LogP contribution in [0.5, 0.6) is 0 Å². The molecule has 3 nitrogen and oxygen atoms in total. The van der Waals surface area contributed by atoms with Gasteiger partial charge in [-0.2, -0.15) is 0 Å². The quantitative estimate of drug-likeness (QED) is 0.852. The van der Waals surface area contributed by atoms with Gasteiger partial charge < -0.3 is 15.5 Å². The van der Waals surface area contributed by atoms with Gasteiger partial charge in [0.2, 0.25) is 0 Å². The van der Waals surface area contributed by atoms with Gasteiger partial charge in [0, 0.05) is 23.6 Å². The average molecular weight is 298 g/mol. The molecule has 17 heavy (non-hydrogen) atoms. The number of halogens is 1. The summed E-state index contributed by atoms with van der Waals surface area (Å²) in [5, 5.41) is 0. The van der Waals surface area contributed by atoms with Gasteiger partial charge in [0.25, 0.3) is 0 Å². The molecule has 94 valence electrons. The molecular weight excluding hydrogens is 278 g/mol. The summed E-state index contributed by atoms with van der Waals surface area (Å²) in [6.45, 7) is 2.18. The topological polar surface area (TPSA) is 32.5 Å². The van der Waals surface area contributed by atoms with Crippen molar-refractivity contribution in [3.8, 4) is 0 Å². The number of nitrogens with zero attached hydrogens (tertiary/aromatic N) is 2. The number of benzene rings is 1. The van der Waals surface area contributed by atoms with Crippen LogP contribution in [0.4, 0.5) is 11.4 Å². The maximum absolute atomic E-state index is 6.09. The van der Waals surface area contributed by atoms with Gasteiger partial charge in [0.05, 0.1) is 11.4 Å². The lowest BCUT2D eigenvalue weighted by atomic mass is 10.0. The molecular formula is C13H20BrN3. The van der Waals surface area contributed by atoms with Crippen LogP contribution in [0.3, 0.4) is 0 Å². The van der Waals surface area contributed by atoms with E-state index in [0.717, 1.165) is 23.2 Å². The zero-order chi connectivity index (χ0) is 12.4. The van der Waals surface area contributed by atoms with E-state index in [2.05, 4.69) is 52.0 Å². The van der Waals surface area contributed by atoms with E-state index in [1.165, 1.54) is 18.5 Å². The molecule has 0 bridgehead atoms. The molecule has 0 spiro atoms. The fraction of sp³-hybridized carbons (Fsp3) is 0.538. The fourth-order valence-electron chi connectivity index (χ4n) is 2.41. The number of rotatable bonds is 2. The van der Waals surface area contributed by atoms with E-state index in [1.54, 1.807) is 0 Å². The van der Waals surface area contributed by atoms with Crippen LogP contribution in [0.2, 0.25) is 0 Å². The number of likely N-dealkylation sites (N-methyl/N-ethyl adjacent to an activating group) is 1. The van der Waals surface area contributed by atoms with Crippen molar-refractivity contribution < 1.29 is 0 Å². The highest BCUT2D eigenvalue weighted by atomic mass is 79.9. The molecule has 2 rings (SSSR count). The number of piperidine rings is 1. The summed E-state index contributed by atoms with van der Waals surface area (Å²) < 4.78 is 1.04. The number of hydrogen-bond acceptors (Lipinski definition) is 3. The van der Waals surface area contributed by atoms with Crippen LogP contribution in [-0.4, -0.2) is 38.1 Å². The van der Waals surface area contributed by atoms with Crippen molar-refractivity contribution in [1.82, 2.24) is 4.90 Å². The molecule has 1 atom stereocenters. The number of hydrogen-bond donors (Lipinski definition) is 1. The average Bonchev–Trinajstić information content (AvgIpc) is 2.29. The highest BCUT2D eigenvalue weighted by Crippen LogP contribution is 2.29. The van der Waals surface area contributed by atoms with Crippen LogP contribution in [0.25, 0.3) is 0 Å². The predicted octanol–water partition coefficient (Wildman–Crippen LogP) is 2.56. The Labute approximate surface area is 112 Å². The van der Waals surface area contributed by atoms with Crippen molar-refractivity contribution in [2.75, 3.05) is 37.8 Å². The first-order valence-corrected chi connectivity index (χ1v) is 6.83. The summed E-state index contributed by atoms with van der Waals surface area (Å²) in [6.07, 6.45) is 2.51. The number of anilines is 2. The van der Waals surface area contributed by atoms with Gasteiger partial charge in [-0.25, -0.2) is 0 Å². The van der Waals surface area contributed by atoms with Crippen molar-refractivity contribution >= 4 is 27.3 Å². The first kappa shape index (κ1) is 12.7. The molecule has 1 aromatic rings. The fourth-order valence-corrected chi connectivity index (χ4v) is 2.79. The van der Waals surface area contributed by atoms with Crippen molar-refractivity contribution in [3.05, 3.63) is 22.7 Å². The van der Waals surface area contributed by atoms with E-state index in [-0.39, 0.29) is 0 Å². The van der Waals surface area contributed by atoms with Gasteiger partial charge in [-0.05, 0) is 45.1 Å². The standard InChI is InChI=1S/C13H20BrN3/c1-16(2)11-4-3-7-17(9-11)13-6-5-10(14)8-12(13)15/h5-6,8,11H,3-4,7,9,15H2,1-2H3. The molecule has 0 amide bonds. The second-order valence-electron chi connectivity index (χ2n) is 4.91. The maximum atomic E-state index is 6.09. The SMILES string of the molecule is CN(C)C1CCCN(c2ccc(Br)cc2N)C1. The molecule has 1 saturated heterocycles. The van der Waals surface area contributed by atoms with E-state index >= 15 is 0 Å². The minimum Gasteiger partial charge on any atom is -0.397 e. The van der Waals surface area contributed by atoms with Gasteiger partial charge in [-0.3, -0.25) is 0 Å². The van der Waals surface area contributed by atoms with Crippen LogP contribution in [0.1, 0.15) is 12.8 Å². The van der Waals surface area contributed by atoms with Gasteiger partial charge >= 0.3 is 0 Å². The van der Waals surface area contributed by atoms with Gasteiger partial charge in [-0.1, -0.05) is 15.9 Å². The molecule has 1 aromatic carbocycles. The summed E-state index contributed by atoms with van der Waals surface area (Å²) in [7, 11) is 4.30. The predicted molar refractivity (Wildman–Crippen MR) is 77.5 cm³/mol. The highest BCUT2D eigenvalue weighted by Gasteiger charge is 2.22. The van der Waals surface area contributed by atoms with Crippen LogP contribution in [0.15, 0.2) is 22.7 Å². The van der Waals surface area contributed by atoms with Crippen molar-refractivity contribution in [2.24, 2.45) is 0 Å². The molecule has 4 heteroatoms. The molecule has 2 N–H and O–H groups in total. The van der Waals surface area contributed by atoms with E-state index in [9.17, 15) is 0 Å². The Kier molecular flexibility index (Phi) is 3.94.